The molecule has 0 aromatic heterocycles. The van der Waals surface area contributed by atoms with Crippen molar-refractivity contribution in [2.24, 2.45) is 0 Å². The molecule has 142 valence electrons. The first-order valence-electron chi connectivity index (χ1n) is 8.61. The number of likely N-dealkylation sites (tertiary alicyclic amines) is 1. The molecule has 1 aliphatic heterocycles. The fraction of sp³-hybridized carbons (Fsp3) is 0.526. The SMILES string of the molecule is CC(C)(C)OC(=O)N1CCCC1C(O)C(=O)C(=O)OCc1ccccc1. The maximum atomic E-state index is 12.2. The summed E-state index contributed by atoms with van der Waals surface area (Å²) < 4.78 is 10.3. The number of hydrogen-bond acceptors (Lipinski definition) is 6. The molecule has 0 bridgehead atoms. The Kier molecular flexibility index (Phi) is 6.37. The third-order valence-electron chi connectivity index (χ3n) is 3.97. The molecule has 7 heteroatoms. The molecule has 1 fully saturated rings. The largest absolute Gasteiger partial charge is 0.455 e. The standard InChI is InChI=1S/C19H25NO6/c1-19(2,3)26-18(24)20-11-7-10-14(20)15(21)16(22)17(23)25-12-13-8-5-4-6-9-13/h4-6,8-9,14-15,21H,7,10-12H2,1-3H3. The number of aliphatic hydroxyl groups is 1. The minimum Gasteiger partial charge on any atom is -0.455 e. The number of ether oxygens (including phenoxy) is 2. The van der Waals surface area contributed by atoms with Gasteiger partial charge in [0.05, 0.1) is 6.04 Å². The van der Waals surface area contributed by atoms with Crippen LogP contribution in [0.15, 0.2) is 30.3 Å². The summed E-state index contributed by atoms with van der Waals surface area (Å²) in [5, 5.41) is 10.3. The molecule has 1 amide bonds. The maximum absolute atomic E-state index is 12.2. The summed E-state index contributed by atoms with van der Waals surface area (Å²) in [5.41, 5.74) is 0.0488. The van der Waals surface area contributed by atoms with Gasteiger partial charge in [0.25, 0.3) is 5.78 Å². The third kappa shape index (κ3) is 5.29. The number of aliphatic hydroxyl groups excluding tert-OH is 1. The van der Waals surface area contributed by atoms with Gasteiger partial charge in [-0.05, 0) is 39.2 Å². The van der Waals surface area contributed by atoms with Gasteiger partial charge in [-0.3, -0.25) is 4.79 Å². The highest BCUT2D eigenvalue weighted by Gasteiger charge is 2.41. The fourth-order valence-electron chi connectivity index (χ4n) is 2.76. The van der Waals surface area contributed by atoms with Gasteiger partial charge in [-0.15, -0.1) is 0 Å². The van der Waals surface area contributed by atoms with E-state index in [-0.39, 0.29) is 6.61 Å². The van der Waals surface area contributed by atoms with E-state index in [4.69, 9.17) is 9.47 Å². The van der Waals surface area contributed by atoms with E-state index < -0.39 is 35.6 Å². The minimum atomic E-state index is -1.63. The summed E-state index contributed by atoms with van der Waals surface area (Å²) in [6, 6.07) is 8.13. The van der Waals surface area contributed by atoms with Gasteiger partial charge in [0, 0.05) is 6.54 Å². The maximum Gasteiger partial charge on any atom is 0.410 e. The average molecular weight is 363 g/mol. The lowest BCUT2D eigenvalue weighted by molar-refractivity contribution is -0.159. The molecule has 0 radical (unpaired) electrons. The molecule has 0 spiro atoms. The Hall–Kier alpha value is -2.41. The number of carbonyl (C=O) groups is 3. The summed E-state index contributed by atoms with van der Waals surface area (Å²) in [4.78, 5) is 37.7. The molecule has 2 unspecified atom stereocenters. The second-order valence-corrected chi connectivity index (χ2v) is 7.25. The Labute approximate surface area is 152 Å². The number of ketones is 1. The van der Waals surface area contributed by atoms with Crippen LogP contribution in [0, 0.1) is 0 Å². The van der Waals surface area contributed by atoms with Gasteiger partial charge in [0.1, 0.15) is 18.3 Å². The summed E-state index contributed by atoms with van der Waals surface area (Å²) in [7, 11) is 0. The van der Waals surface area contributed by atoms with Crippen molar-refractivity contribution in [3.8, 4) is 0 Å². The molecular weight excluding hydrogens is 338 g/mol. The van der Waals surface area contributed by atoms with E-state index in [0.717, 1.165) is 5.56 Å². The number of Topliss-reactive ketones (excluding diaryl/α,β-unsaturated/α-hetero) is 1. The molecule has 1 aromatic carbocycles. The molecule has 0 saturated carbocycles. The van der Waals surface area contributed by atoms with Crippen LogP contribution in [0.2, 0.25) is 0 Å². The van der Waals surface area contributed by atoms with Gasteiger partial charge in [0.15, 0.2) is 0 Å². The lowest BCUT2D eigenvalue weighted by Gasteiger charge is -2.30. The number of amides is 1. The summed E-state index contributed by atoms with van der Waals surface area (Å²) in [6.07, 6.45) is -1.20. The van der Waals surface area contributed by atoms with E-state index in [2.05, 4.69) is 0 Å². The van der Waals surface area contributed by atoms with Crippen LogP contribution in [0.1, 0.15) is 39.2 Å². The van der Waals surface area contributed by atoms with Crippen LogP contribution in [0.3, 0.4) is 0 Å². The van der Waals surface area contributed by atoms with Crippen molar-refractivity contribution in [3.05, 3.63) is 35.9 Å². The van der Waals surface area contributed by atoms with Gasteiger partial charge < -0.3 is 19.5 Å². The lowest BCUT2D eigenvalue weighted by atomic mass is 10.0. The van der Waals surface area contributed by atoms with Crippen molar-refractivity contribution >= 4 is 17.8 Å². The van der Waals surface area contributed by atoms with Crippen LogP contribution in [0.5, 0.6) is 0 Å². The minimum absolute atomic E-state index is 0.0570. The zero-order valence-corrected chi connectivity index (χ0v) is 15.3. The van der Waals surface area contributed by atoms with Crippen molar-refractivity contribution < 1.29 is 29.0 Å². The monoisotopic (exact) mass is 363 g/mol. The number of hydrogen-bond donors (Lipinski definition) is 1. The summed E-state index contributed by atoms with van der Waals surface area (Å²) in [6.45, 7) is 5.51. The Bertz CT molecular complexity index is 652. The number of nitrogens with zero attached hydrogens (tertiary/aromatic N) is 1. The van der Waals surface area contributed by atoms with Gasteiger partial charge in [-0.2, -0.15) is 0 Å². The van der Waals surface area contributed by atoms with Crippen molar-refractivity contribution in [2.75, 3.05) is 6.54 Å². The second kappa shape index (κ2) is 8.31. The lowest BCUT2D eigenvalue weighted by Crippen LogP contribution is -2.49. The molecular formula is C19H25NO6. The Morgan fingerprint density at radius 2 is 1.88 bits per heavy atom. The van der Waals surface area contributed by atoms with E-state index in [0.29, 0.717) is 19.4 Å². The van der Waals surface area contributed by atoms with Gasteiger partial charge in [-0.25, -0.2) is 9.59 Å². The van der Waals surface area contributed by atoms with Crippen molar-refractivity contribution in [1.29, 1.82) is 0 Å². The molecule has 26 heavy (non-hydrogen) atoms. The van der Waals surface area contributed by atoms with Crippen LogP contribution in [-0.2, 0) is 25.7 Å². The summed E-state index contributed by atoms with van der Waals surface area (Å²) in [5.74, 6) is -2.17. The molecule has 7 nitrogen and oxygen atoms in total. The van der Waals surface area contributed by atoms with Crippen LogP contribution in [0.25, 0.3) is 0 Å². The van der Waals surface area contributed by atoms with Crippen LogP contribution in [0.4, 0.5) is 4.79 Å². The molecule has 2 atom stereocenters. The molecule has 0 aliphatic carbocycles. The highest BCUT2D eigenvalue weighted by atomic mass is 16.6. The highest BCUT2D eigenvalue weighted by Crippen LogP contribution is 2.24. The van der Waals surface area contributed by atoms with Crippen molar-refractivity contribution in [2.45, 2.75) is 58.0 Å². The molecule has 1 N–H and O–H groups in total. The third-order valence-corrected chi connectivity index (χ3v) is 3.97. The first-order valence-corrected chi connectivity index (χ1v) is 8.61. The smallest absolute Gasteiger partial charge is 0.410 e. The molecule has 2 rings (SSSR count). The van der Waals surface area contributed by atoms with E-state index in [1.165, 1.54) is 4.90 Å². The van der Waals surface area contributed by atoms with Crippen LogP contribution < -0.4 is 0 Å². The molecule has 1 aromatic rings. The van der Waals surface area contributed by atoms with E-state index in [9.17, 15) is 19.5 Å². The summed E-state index contributed by atoms with van der Waals surface area (Å²) >= 11 is 0. The molecule has 1 saturated heterocycles. The fourth-order valence-corrected chi connectivity index (χ4v) is 2.76. The first kappa shape index (κ1) is 19.9. The Morgan fingerprint density at radius 3 is 2.50 bits per heavy atom. The van der Waals surface area contributed by atoms with Crippen molar-refractivity contribution in [3.63, 3.8) is 0 Å². The van der Waals surface area contributed by atoms with Crippen LogP contribution >= 0.6 is 0 Å². The molecule has 1 aliphatic rings. The topological polar surface area (TPSA) is 93.1 Å². The highest BCUT2D eigenvalue weighted by molar-refractivity contribution is 6.35. The van der Waals surface area contributed by atoms with Gasteiger partial charge in [-0.1, -0.05) is 30.3 Å². The predicted molar refractivity (Wildman–Crippen MR) is 93.2 cm³/mol. The van der Waals surface area contributed by atoms with Crippen LogP contribution in [-0.4, -0.2) is 52.1 Å². The zero-order chi connectivity index (χ0) is 19.3. The zero-order valence-electron chi connectivity index (χ0n) is 15.3. The normalized spacial score (nSPS) is 18.3. The number of carbonyl (C=O) groups excluding carboxylic acids is 3. The first-order chi connectivity index (χ1) is 12.2. The van der Waals surface area contributed by atoms with E-state index in [1.54, 1.807) is 45.0 Å². The quantitative estimate of drug-likeness (QED) is 0.636. The number of rotatable bonds is 5. The predicted octanol–water partition coefficient (Wildman–Crippen LogP) is 2.06. The van der Waals surface area contributed by atoms with Crippen molar-refractivity contribution in [1.82, 2.24) is 4.90 Å². The van der Waals surface area contributed by atoms with Gasteiger partial charge in [0.2, 0.25) is 0 Å². The van der Waals surface area contributed by atoms with E-state index in [1.807, 2.05) is 6.07 Å². The van der Waals surface area contributed by atoms with Gasteiger partial charge >= 0.3 is 12.1 Å². The molecule has 1 heterocycles. The number of esters is 1. The Balaban J connectivity index is 1.95. The Morgan fingerprint density at radius 1 is 1.23 bits per heavy atom. The average Bonchev–Trinajstić information content (AvgIpc) is 3.07. The second-order valence-electron chi connectivity index (χ2n) is 7.25. The van der Waals surface area contributed by atoms with E-state index >= 15 is 0 Å². The number of benzene rings is 1.